The molecule has 2 aliphatic heterocycles. The normalized spacial score (nSPS) is 15.9. The molecule has 0 N–H and O–H groups in total. The molecule has 20 nitrogen and oxygen atoms in total. The molecule has 0 spiro atoms. The third-order valence-electron chi connectivity index (χ3n) is 13.0. The van der Waals surface area contributed by atoms with Gasteiger partial charge in [0.15, 0.2) is 54.6 Å². The van der Waals surface area contributed by atoms with Gasteiger partial charge in [0.25, 0.3) is 0 Å². The number of halogens is 2. The van der Waals surface area contributed by atoms with Gasteiger partial charge < -0.3 is 28.7 Å². The van der Waals surface area contributed by atoms with E-state index in [0.717, 1.165) is 35.9 Å². The number of rotatable bonds is 16. The number of methoxy groups -OCH3 is 4. The Balaban J connectivity index is 0.000000186. The molecule has 4 aromatic carbocycles. The Bertz CT molecular complexity index is 3210. The van der Waals surface area contributed by atoms with Crippen LogP contribution in [0.15, 0.2) is 122 Å². The first-order valence-electron chi connectivity index (χ1n) is 24.1. The first-order chi connectivity index (χ1) is 36.8. The molecule has 0 saturated carbocycles. The Hall–Kier alpha value is -8.12. The number of piperidine rings is 2. The minimum Gasteiger partial charge on any atom is -0.494 e. The number of nitrogens with zero attached hydrogens (tertiary/aromatic N) is 12. The quantitative estimate of drug-likeness (QED) is 0.0956. The van der Waals surface area contributed by atoms with Crippen LogP contribution in [0.5, 0.6) is 23.0 Å². The van der Waals surface area contributed by atoms with Crippen molar-refractivity contribution in [2.75, 3.05) is 64.4 Å². The first kappa shape index (κ1) is 52.7. The Labute approximate surface area is 438 Å². The van der Waals surface area contributed by atoms with Crippen LogP contribution in [-0.4, -0.2) is 131 Å². The van der Waals surface area contributed by atoms with Crippen LogP contribution in [0.4, 0.5) is 20.7 Å². The van der Waals surface area contributed by atoms with Crippen molar-refractivity contribution >= 4 is 31.6 Å². The van der Waals surface area contributed by atoms with Gasteiger partial charge in [-0.3, -0.25) is 9.13 Å². The lowest BCUT2D eigenvalue weighted by Crippen LogP contribution is -2.43. The highest BCUT2D eigenvalue weighted by Gasteiger charge is 2.36. The number of anilines is 2. The summed E-state index contributed by atoms with van der Waals surface area (Å²) in [6.07, 6.45) is 6.54. The molecular formula is C52H54F2N12O8S2. The van der Waals surface area contributed by atoms with Gasteiger partial charge in [-0.05, 0) is 49.9 Å². The predicted molar refractivity (Wildman–Crippen MR) is 279 cm³/mol. The van der Waals surface area contributed by atoms with Crippen LogP contribution in [0.1, 0.15) is 37.3 Å². The molecule has 396 valence electrons. The standard InChI is InChI=1S/2C26H27FN6O4S/c2*1-36-21-11-6-12-22(37-2)24(21)33-23(30-31-25(33)18-8-4-3-5-9-18)17-38(34,35)20-10-7-13-32(16-20)26-28-14-19(27)15-29-26/h2*3-6,8-9,11-12,14-15,20H,7,10,13,16-17H2,1-2H3/t2*20-/m10/s1. The molecule has 0 radical (unpaired) electrons. The summed E-state index contributed by atoms with van der Waals surface area (Å²) in [5.41, 5.74) is 2.54. The third-order valence-corrected chi connectivity index (χ3v) is 17.1. The Kier molecular flexibility index (Phi) is 16.1. The van der Waals surface area contributed by atoms with E-state index < -0.39 is 41.8 Å². The van der Waals surface area contributed by atoms with Crippen molar-refractivity contribution in [2.24, 2.45) is 0 Å². The highest BCUT2D eigenvalue weighted by Crippen LogP contribution is 2.39. The number of hydrogen-bond acceptors (Lipinski definition) is 18. The number of hydrogen-bond donors (Lipinski definition) is 0. The molecule has 2 atom stereocenters. The average Bonchev–Trinajstić information content (AvgIpc) is 4.06. The number of benzene rings is 4. The lowest BCUT2D eigenvalue weighted by molar-refractivity contribution is 0.390. The summed E-state index contributed by atoms with van der Waals surface area (Å²) < 4.78 is 107. The van der Waals surface area contributed by atoms with Gasteiger partial charge in [-0.2, -0.15) is 0 Å². The molecule has 0 unspecified atom stereocenters. The van der Waals surface area contributed by atoms with Gasteiger partial charge in [-0.15, -0.1) is 20.4 Å². The molecule has 4 aromatic heterocycles. The topological polar surface area (TPSA) is 225 Å². The smallest absolute Gasteiger partial charge is 0.225 e. The number of ether oxygens (including phenoxy) is 4. The molecule has 24 heteroatoms. The Morgan fingerprint density at radius 3 is 1.16 bits per heavy atom. The van der Waals surface area contributed by atoms with Gasteiger partial charge in [0.05, 0.1) is 63.7 Å². The highest BCUT2D eigenvalue weighted by atomic mass is 32.2. The lowest BCUT2D eigenvalue weighted by atomic mass is 10.1. The summed E-state index contributed by atoms with van der Waals surface area (Å²) in [5, 5.41) is 16.1. The van der Waals surface area contributed by atoms with E-state index in [4.69, 9.17) is 18.9 Å². The van der Waals surface area contributed by atoms with Crippen LogP contribution < -0.4 is 28.7 Å². The summed E-state index contributed by atoms with van der Waals surface area (Å²) in [5.74, 6) is 2.15. The maximum Gasteiger partial charge on any atom is 0.225 e. The van der Waals surface area contributed by atoms with E-state index in [1.165, 1.54) is 28.4 Å². The summed E-state index contributed by atoms with van der Waals surface area (Å²) in [6, 6.07) is 29.4. The number of sulfone groups is 2. The molecule has 6 heterocycles. The molecule has 76 heavy (non-hydrogen) atoms. The summed E-state index contributed by atoms with van der Waals surface area (Å²) in [7, 11) is -1.25. The molecule has 2 aliphatic rings. The van der Waals surface area contributed by atoms with Gasteiger partial charge in [-0.25, -0.2) is 45.6 Å². The molecule has 0 aliphatic carbocycles. The monoisotopic (exact) mass is 1080 g/mol. The zero-order valence-electron chi connectivity index (χ0n) is 42.0. The van der Waals surface area contributed by atoms with Crippen molar-refractivity contribution in [3.05, 3.63) is 145 Å². The van der Waals surface area contributed by atoms with Crippen LogP contribution in [0.2, 0.25) is 0 Å². The van der Waals surface area contributed by atoms with Crippen LogP contribution in [0.25, 0.3) is 34.2 Å². The zero-order chi connectivity index (χ0) is 53.4. The molecule has 0 bridgehead atoms. The van der Waals surface area contributed by atoms with E-state index in [2.05, 4.69) is 40.3 Å². The zero-order valence-corrected chi connectivity index (χ0v) is 43.6. The van der Waals surface area contributed by atoms with Crippen LogP contribution in [-0.2, 0) is 31.2 Å². The summed E-state index contributed by atoms with van der Waals surface area (Å²) in [6.45, 7) is 1.58. The van der Waals surface area contributed by atoms with E-state index in [0.29, 0.717) is 96.7 Å². The van der Waals surface area contributed by atoms with E-state index in [1.54, 1.807) is 55.3 Å². The van der Waals surface area contributed by atoms with E-state index >= 15 is 0 Å². The Morgan fingerprint density at radius 1 is 0.487 bits per heavy atom. The second-order valence-corrected chi connectivity index (χ2v) is 22.3. The maximum absolute atomic E-state index is 13.8. The van der Waals surface area contributed by atoms with E-state index in [-0.39, 0.29) is 36.2 Å². The lowest BCUT2D eigenvalue weighted by Gasteiger charge is -2.32. The van der Waals surface area contributed by atoms with Gasteiger partial charge in [0, 0.05) is 37.3 Å². The minimum absolute atomic E-state index is 0.200. The molecule has 2 saturated heterocycles. The van der Waals surface area contributed by atoms with Gasteiger partial charge in [0.1, 0.15) is 45.9 Å². The van der Waals surface area contributed by atoms with Crippen molar-refractivity contribution in [3.8, 4) is 57.1 Å². The second kappa shape index (κ2) is 23.2. The van der Waals surface area contributed by atoms with E-state index in [1.807, 2.05) is 60.7 Å². The van der Waals surface area contributed by atoms with Gasteiger partial charge >= 0.3 is 0 Å². The van der Waals surface area contributed by atoms with Crippen molar-refractivity contribution in [2.45, 2.75) is 47.7 Å². The van der Waals surface area contributed by atoms with Crippen molar-refractivity contribution < 1.29 is 44.6 Å². The van der Waals surface area contributed by atoms with Gasteiger partial charge in [0.2, 0.25) is 11.9 Å². The third kappa shape index (κ3) is 11.4. The highest BCUT2D eigenvalue weighted by molar-refractivity contribution is 7.91. The van der Waals surface area contributed by atoms with Gasteiger partial charge in [-0.1, -0.05) is 72.8 Å². The fourth-order valence-corrected chi connectivity index (χ4v) is 12.7. The maximum atomic E-state index is 13.8. The predicted octanol–water partition coefficient (Wildman–Crippen LogP) is 6.93. The fraction of sp³-hybridized carbons (Fsp3) is 0.308. The van der Waals surface area contributed by atoms with Crippen LogP contribution in [0, 0.1) is 11.6 Å². The number of aromatic nitrogens is 10. The van der Waals surface area contributed by atoms with Crippen molar-refractivity contribution in [1.29, 1.82) is 0 Å². The second-order valence-electron chi connectivity index (χ2n) is 17.7. The summed E-state index contributed by atoms with van der Waals surface area (Å²) >= 11 is 0. The first-order valence-corrected chi connectivity index (χ1v) is 27.6. The largest absolute Gasteiger partial charge is 0.494 e. The molecule has 0 amide bonds. The molecule has 2 fully saturated rings. The number of para-hydroxylation sites is 2. The molecule has 8 aromatic rings. The Morgan fingerprint density at radius 2 is 0.829 bits per heavy atom. The van der Waals surface area contributed by atoms with Crippen molar-refractivity contribution in [1.82, 2.24) is 49.5 Å². The average molecular weight is 1080 g/mol. The molecule has 10 rings (SSSR count). The minimum atomic E-state index is -3.70. The van der Waals surface area contributed by atoms with Crippen LogP contribution in [0.3, 0.4) is 0 Å². The van der Waals surface area contributed by atoms with E-state index in [9.17, 15) is 25.6 Å². The van der Waals surface area contributed by atoms with Crippen molar-refractivity contribution in [3.63, 3.8) is 0 Å². The molecular weight excluding hydrogens is 1020 g/mol. The van der Waals surface area contributed by atoms with Crippen LogP contribution >= 0.6 is 0 Å². The fourth-order valence-electron chi connectivity index (χ4n) is 9.30. The SMILES string of the molecule is COc1cccc(OC)c1-n1c(CS(=O)(=O)[C@@H]2CCCN(c3ncc(F)cn3)C2)nnc1-c1ccccc1.COc1cccc(OC)c1-n1c(CS(=O)(=O)[C@H]2CCCN(c3ncc(F)cn3)C2)nnc1-c1ccccc1. The summed E-state index contributed by atoms with van der Waals surface area (Å²) in [4.78, 5) is 19.6.